The summed E-state index contributed by atoms with van der Waals surface area (Å²) in [5.74, 6) is -2.59. The molecular formula is C38H70N6O14. The van der Waals surface area contributed by atoms with Gasteiger partial charge in [0.1, 0.15) is 29.9 Å². The van der Waals surface area contributed by atoms with E-state index in [0.29, 0.717) is 19.3 Å². The maximum Gasteiger partial charge on any atom is 0.223 e. The Hall–Kier alpha value is -3.50. The predicted octanol–water partition coefficient (Wildman–Crippen LogP) is -1.12. The highest BCUT2D eigenvalue weighted by molar-refractivity contribution is 5.78. The average molecular weight is 835 g/mol. The zero-order valence-corrected chi connectivity index (χ0v) is 34.3. The molecule has 1 fully saturated rings. The highest BCUT2D eigenvalue weighted by atomic mass is 16.7. The van der Waals surface area contributed by atoms with Crippen LogP contribution in [-0.4, -0.2) is 146 Å². The van der Waals surface area contributed by atoms with Crippen LogP contribution < -0.4 is 32.7 Å². The minimum atomic E-state index is -1.43. The number of carbonyl (C=O) groups excluding carboxylic acids is 6. The molecule has 5 atom stereocenters. The fourth-order valence-electron chi connectivity index (χ4n) is 5.94. The van der Waals surface area contributed by atoms with Gasteiger partial charge in [-0.25, -0.2) is 0 Å². The molecule has 1 rings (SSSR count). The summed E-state index contributed by atoms with van der Waals surface area (Å²) in [7, 11) is 0. The van der Waals surface area contributed by atoms with Gasteiger partial charge in [-0.05, 0) is 19.3 Å². The van der Waals surface area contributed by atoms with Gasteiger partial charge in [0.15, 0.2) is 6.29 Å². The molecule has 0 aromatic rings. The van der Waals surface area contributed by atoms with E-state index in [9.17, 15) is 44.1 Å². The van der Waals surface area contributed by atoms with Crippen molar-refractivity contribution in [3.8, 4) is 0 Å². The van der Waals surface area contributed by atoms with Crippen LogP contribution in [0.3, 0.4) is 0 Å². The van der Waals surface area contributed by atoms with Crippen LogP contribution in [0.5, 0.6) is 0 Å². The standard InChI is InChI=1S/C38H70N6O14/c1-3-4-5-6-7-8-9-10-14-33(51)44-38(23-54-19-15-29(39)47,24-55-20-16-30(40)48)25-56-21-17-32(50)42-26-41-31(49)13-11-12-18-57-37-34(43-27(2)46)36(53)35(52)28(22-45)58-37/h28,34-37,45,52-53H,3-26H2,1-2H3,(H2,39,47)(H2,40,48)(H,41,49)(H,42,50)(H,43,46)(H,44,51). The molecule has 20 nitrogen and oxygen atoms in total. The highest BCUT2D eigenvalue weighted by Gasteiger charge is 2.45. The molecule has 0 bridgehead atoms. The zero-order valence-electron chi connectivity index (χ0n) is 34.3. The van der Waals surface area contributed by atoms with Crippen LogP contribution in [0.2, 0.25) is 0 Å². The van der Waals surface area contributed by atoms with Gasteiger partial charge in [-0.15, -0.1) is 0 Å². The van der Waals surface area contributed by atoms with Gasteiger partial charge in [-0.3, -0.25) is 28.8 Å². The van der Waals surface area contributed by atoms with Crippen molar-refractivity contribution in [1.82, 2.24) is 21.3 Å². The lowest BCUT2D eigenvalue weighted by molar-refractivity contribution is -0.270. The molecule has 1 aliphatic heterocycles. The SMILES string of the molecule is CCCCCCCCCCC(=O)NC(COCCC(N)=O)(COCCC(N)=O)COCCC(=O)NCNC(=O)CCCCOC1OC(CO)C(O)C(O)C1NC(C)=O. The first-order valence-corrected chi connectivity index (χ1v) is 20.4. The summed E-state index contributed by atoms with van der Waals surface area (Å²) < 4.78 is 28.4. The quantitative estimate of drug-likeness (QED) is 0.0270. The fraction of sp³-hybridized carbons (Fsp3) is 0.842. The van der Waals surface area contributed by atoms with Crippen LogP contribution in [0.15, 0.2) is 0 Å². The summed E-state index contributed by atoms with van der Waals surface area (Å²) in [5.41, 5.74) is 9.27. The van der Waals surface area contributed by atoms with Crippen molar-refractivity contribution in [2.45, 2.75) is 146 Å². The molecule has 0 spiro atoms. The Bertz CT molecular complexity index is 1190. The number of ether oxygens (including phenoxy) is 5. The van der Waals surface area contributed by atoms with Gasteiger partial charge >= 0.3 is 0 Å². The summed E-state index contributed by atoms with van der Waals surface area (Å²) in [4.78, 5) is 72.1. The van der Waals surface area contributed by atoms with Crippen LogP contribution in [0.25, 0.3) is 0 Å². The van der Waals surface area contributed by atoms with Crippen LogP contribution in [0.4, 0.5) is 0 Å². The van der Waals surface area contributed by atoms with Gasteiger partial charge < -0.3 is 71.7 Å². The normalized spacial score (nSPS) is 19.3. The maximum absolute atomic E-state index is 13.1. The molecule has 1 aliphatic rings. The third kappa shape index (κ3) is 24.4. The minimum Gasteiger partial charge on any atom is -0.394 e. The Kier molecular flexibility index (Phi) is 28.5. The van der Waals surface area contributed by atoms with Gasteiger partial charge in [-0.2, -0.15) is 0 Å². The first kappa shape index (κ1) is 52.5. The van der Waals surface area contributed by atoms with Crippen molar-refractivity contribution in [1.29, 1.82) is 0 Å². The lowest BCUT2D eigenvalue weighted by Gasteiger charge is -2.42. The lowest BCUT2D eigenvalue weighted by Crippen LogP contribution is -2.64. The topological polar surface area (TPSA) is 309 Å². The number of aliphatic hydroxyl groups excluding tert-OH is 3. The summed E-state index contributed by atoms with van der Waals surface area (Å²) in [6, 6.07) is -1.06. The van der Waals surface area contributed by atoms with Gasteiger partial charge in [0, 0.05) is 39.2 Å². The van der Waals surface area contributed by atoms with Crippen LogP contribution in [-0.2, 0) is 52.5 Å². The van der Waals surface area contributed by atoms with E-state index in [2.05, 4.69) is 28.2 Å². The summed E-state index contributed by atoms with van der Waals surface area (Å²) in [5, 5.41) is 40.5. The number of rotatable bonds is 35. The minimum absolute atomic E-state index is 0.00740. The van der Waals surface area contributed by atoms with E-state index in [0.717, 1.165) is 19.3 Å². The number of carbonyl (C=O) groups is 6. The van der Waals surface area contributed by atoms with Crippen molar-refractivity contribution in [3.05, 3.63) is 0 Å². The third-order valence-electron chi connectivity index (χ3n) is 9.16. The monoisotopic (exact) mass is 834 g/mol. The van der Waals surface area contributed by atoms with E-state index in [1.807, 2.05) is 0 Å². The molecule has 0 aromatic carbocycles. The Balaban J connectivity index is 2.56. The molecule has 11 N–H and O–H groups in total. The molecule has 1 heterocycles. The van der Waals surface area contributed by atoms with E-state index < -0.39 is 66.4 Å². The van der Waals surface area contributed by atoms with Gasteiger partial charge in [0.05, 0.1) is 59.3 Å². The summed E-state index contributed by atoms with van der Waals surface area (Å²) >= 11 is 0. The van der Waals surface area contributed by atoms with E-state index in [1.54, 1.807) is 0 Å². The van der Waals surface area contributed by atoms with Crippen molar-refractivity contribution in [2.24, 2.45) is 11.5 Å². The fourth-order valence-corrected chi connectivity index (χ4v) is 5.94. The third-order valence-corrected chi connectivity index (χ3v) is 9.16. The number of nitrogens with one attached hydrogen (secondary N) is 4. The van der Waals surface area contributed by atoms with Gasteiger partial charge in [-0.1, -0.05) is 51.9 Å². The second kappa shape index (κ2) is 31.4. The van der Waals surface area contributed by atoms with E-state index >= 15 is 0 Å². The van der Waals surface area contributed by atoms with Crippen molar-refractivity contribution in [2.75, 3.05) is 59.5 Å². The Morgan fingerprint density at radius 1 is 0.655 bits per heavy atom. The number of nitrogens with two attached hydrogens (primary N) is 2. The molecule has 6 amide bonds. The maximum atomic E-state index is 13.1. The highest BCUT2D eigenvalue weighted by Crippen LogP contribution is 2.22. The summed E-state index contributed by atoms with van der Waals surface area (Å²) in [6.07, 6.45) is 4.46. The number of hydrogen-bond donors (Lipinski definition) is 9. The van der Waals surface area contributed by atoms with Crippen LogP contribution in [0, 0.1) is 0 Å². The second-order valence-electron chi connectivity index (χ2n) is 14.5. The Morgan fingerprint density at radius 2 is 1.16 bits per heavy atom. The van der Waals surface area contributed by atoms with E-state index in [4.69, 9.17) is 35.2 Å². The summed E-state index contributed by atoms with van der Waals surface area (Å²) in [6.45, 7) is 2.40. The molecule has 0 aliphatic carbocycles. The largest absolute Gasteiger partial charge is 0.394 e. The number of amides is 6. The molecule has 0 radical (unpaired) electrons. The Labute approximate surface area is 341 Å². The van der Waals surface area contributed by atoms with Gasteiger partial charge in [0.2, 0.25) is 35.4 Å². The van der Waals surface area contributed by atoms with Crippen molar-refractivity contribution in [3.63, 3.8) is 0 Å². The van der Waals surface area contributed by atoms with E-state index in [-0.39, 0.29) is 96.8 Å². The van der Waals surface area contributed by atoms with Crippen molar-refractivity contribution < 1.29 is 67.8 Å². The second-order valence-corrected chi connectivity index (χ2v) is 14.5. The zero-order chi connectivity index (χ0) is 43.2. The number of hydrogen-bond acceptors (Lipinski definition) is 14. The average Bonchev–Trinajstić information content (AvgIpc) is 3.17. The lowest BCUT2D eigenvalue weighted by atomic mass is 9.97. The Morgan fingerprint density at radius 3 is 1.69 bits per heavy atom. The molecule has 0 saturated carbocycles. The van der Waals surface area contributed by atoms with E-state index in [1.165, 1.54) is 32.6 Å². The smallest absolute Gasteiger partial charge is 0.223 e. The van der Waals surface area contributed by atoms with Crippen molar-refractivity contribution >= 4 is 35.4 Å². The first-order chi connectivity index (χ1) is 27.7. The molecule has 20 heteroatoms. The van der Waals surface area contributed by atoms with Crippen LogP contribution >= 0.6 is 0 Å². The molecule has 336 valence electrons. The van der Waals surface area contributed by atoms with Gasteiger partial charge in [0.25, 0.3) is 0 Å². The molecule has 0 aromatic heterocycles. The number of primary amides is 2. The predicted molar refractivity (Wildman–Crippen MR) is 209 cm³/mol. The number of aliphatic hydroxyl groups is 3. The first-order valence-electron chi connectivity index (χ1n) is 20.4. The number of unbranched alkanes of at least 4 members (excludes halogenated alkanes) is 8. The van der Waals surface area contributed by atoms with Crippen LogP contribution in [0.1, 0.15) is 110 Å². The molecule has 1 saturated heterocycles. The molecule has 5 unspecified atom stereocenters. The molecular weight excluding hydrogens is 764 g/mol. The molecule has 58 heavy (non-hydrogen) atoms.